The minimum absolute atomic E-state index is 0.441. The molecule has 0 fully saturated rings. The largest absolute Gasteiger partial charge is 0.490 e. The Labute approximate surface area is 127 Å². The minimum Gasteiger partial charge on any atom is -0.490 e. The van der Waals surface area contributed by atoms with Crippen molar-refractivity contribution in [3.63, 3.8) is 0 Å². The van der Waals surface area contributed by atoms with E-state index in [0.717, 1.165) is 26.3 Å². The average molecular weight is 394 g/mol. The molecule has 0 atom stereocenters. The van der Waals surface area contributed by atoms with E-state index in [1.54, 1.807) is 6.07 Å². The third-order valence-corrected chi connectivity index (χ3v) is 3.85. The van der Waals surface area contributed by atoms with Crippen LogP contribution in [-0.4, -0.2) is 18.1 Å². The summed E-state index contributed by atoms with van der Waals surface area (Å²) in [4.78, 5) is 4.33. The first kappa shape index (κ1) is 14.1. The highest BCUT2D eigenvalue weighted by molar-refractivity contribution is 9.11. The van der Waals surface area contributed by atoms with Gasteiger partial charge in [0.05, 0.1) is 11.1 Å². The minimum atomic E-state index is 0.441. The van der Waals surface area contributed by atoms with Gasteiger partial charge >= 0.3 is 0 Å². The molecule has 1 heterocycles. The van der Waals surface area contributed by atoms with E-state index in [4.69, 9.17) is 22.1 Å². The van der Waals surface area contributed by atoms with Crippen LogP contribution in [0.2, 0.25) is 5.15 Å². The molecule has 0 bridgehead atoms. The molecule has 0 amide bonds. The zero-order chi connectivity index (χ0) is 13.1. The van der Waals surface area contributed by atoms with Crippen molar-refractivity contribution in [3.05, 3.63) is 32.3 Å². The van der Waals surface area contributed by atoms with Gasteiger partial charge < -0.3 is 10.5 Å². The summed E-state index contributed by atoms with van der Waals surface area (Å²) in [6, 6.07) is 5.61. The van der Waals surface area contributed by atoms with Gasteiger partial charge in [0.25, 0.3) is 0 Å². The Balaban J connectivity index is 2.52. The van der Waals surface area contributed by atoms with Crippen molar-refractivity contribution in [2.45, 2.75) is 6.42 Å². The van der Waals surface area contributed by atoms with Crippen LogP contribution < -0.4 is 10.5 Å². The van der Waals surface area contributed by atoms with Gasteiger partial charge in [0, 0.05) is 9.86 Å². The molecule has 0 aliphatic heterocycles. The number of halogens is 3. The molecule has 0 aliphatic rings. The number of pyridine rings is 1. The monoisotopic (exact) mass is 392 g/mol. The fourth-order valence-corrected chi connectivity index (χ4v) is 3.10. The van der Waals surface area contributed by atoms with E-state index in [9.17, 15) is 0 Å². The summed E-state index contributed by atoms with van der Waals surface area (Å²) in [5, 5.41) is 1.40. The van der Waals surface area contributed by atoms with E-state index in [-0.39, 0.29) is 0 Å². The molecule has 0 aliphatic carbocycles. The maximum atomic E-state index is 5.94. The number of rotatable bonds is 4. The number of benzene rings is 1. The van der Waals surface area contributed by atoms with Crippen molar-refractivity contribution < 1.29 is 4.74 Å². The molecule has 2 rings (SSSR count). The lowest BCUT2D eigenvalue weighted by Crippen LogP contribution is -2.07. The van der Waals surface area contributed by atoms with E-state index in [1.807, 2.05) is 12.1 Å². The smallest absolute Gasteiger partial charge is 0.159 e. The molecule has 0 saturated heterocycles. The van der Waals surface area contributed by atoms with Gasteiger partial charge in [-0.3, -0.25) is 0 Å². The molecular weight excluding hydrogens is 383 g/mol. The average Bonchev–Trinajstić information content (AvgIpc) is 2.33. The van der Waals surface area contributed by atoms with E-state index in [1.165, 1.54) is 0 Å². The van der Waals surface area contributed by atoms with Gasteiger partial charge in [-0.05, 0) is 47.1 Å². The Kier molecular flexibility index (Phi) is 4.84. The third kappa shape index (κ3) is 2.96. The Morgan fingerprint density at radius 2 is 2.06 bits per heavy atom. The molecule has 0 radical (unpaired) electrons. The van der Waals surface area contributed by atoms with Crippen molar-refractivity contribution in [1.29, 1.82) is 0 Å². The molecular formula is C12H11Br2ClN2O. The van der Waals surface area contributed by atoms with Crippen LogP contribution >= 0.6 is 43.5 Å². The molecule has 1 aromatic carbocycles. The lowest BCUT2D eigenvalue weighted by molar-refractivity contribution is 0.314. The van der Waals surface area contributed by atoms with Crippen LogP contribution in [0.1, 0.15) is 6.42 Å². The normalized spacial score (nSPS) is 10.9. The number of aromatic nitrogens is 1. The zero-order valence-corrected chi connectivity index (χ0v) is 13.3. The highest BCUT2D eigenvalue weighted by Crippen LogP contribution is 2.38. The molecule has 2 N–H and O–H groups in total. The van der Waals surface area contributed by atoms with Gasteiger partial charge in [0.2, 0.25) is 0 Å². The summed E-state index contributed by atoms with van der Waals surface area (Å²) in [7, 11) is 0. The quantitative estimate of drug-likeness (QED) is 0.626. The fraction of sp³-hybridized carbons (Fsp3) is 0.250. The summed E-state index contributed by atoms with van der Waals surface area (Å²) in [5.74, 6) is 0.698. The van der Waals surface area contributed by atoms with Crippen molar-refractivity contribution in [2.75, 3.05) is 13.2 Å². The Hall–Kier alpha value is -0.360. The first-order valence-electron chi connectivity index (χ1n) is 5.40. The number of fused-ring (bicyclic) bond motifs is 1. The molecule has 0 spiro atoms. The number of nitrogens with two attached hydrogens (primary N) is 1. The van der Waals surface area contributed by atoms with Crippen molar-refractivity contribution in [3.8, 4) is 5.75 Å². The SMILES string of the molecule is NCCCOc1c(Br)cc(Br)c2ccc(Cl)nc12. The van der Waals surface area contributed by atoms with E-state index < -0.39 is 0 Å². The second-order valence-electron chi connectivity index (χ2n) is 3.69. The van der Waals surface area contributed by atoms with Crippen LogP contribution in [0.4, 0.5) is 0 Å². The molecule has 18 heavy (non-hydrogen) atoms. The van der Waals surface area contributed by atoms with Gasteiger partial charge in [0.15, 0.2) is 5.75 Å². The van der Waals surface area contributed by atoms with Gasteiger partial charge in [-0.1, -0.05) is 27.5 Å². The topological polar surface area (TPSA) is 48.1 Å². The fourth-order valence-electron chi connectivity index (χ4n) is 1.56. The highest BCUT2D eigenvalue weighted by atomic mass is 79.9. The number of nitrogens with zero attached hydrogens (tertiary/aromatic N) is 1. The van der Waals surface area contributed by atoms with E-state index in [0.29, 0.717) is 24.1 Å². The molecule has 2 aromatic rings. The second kappa shape index (κ2) is 6.19. The molecule has 0 unspecified atom stereocenters. The van der Waals surface area contributed by atoms with Gasteiger partial charge in [-0.15, -0.1) is 0 Å². The Morgan fingerprint density at radius 1 is 1.28 bits per heavy atom. The van der Waals surface area contributed by atoms with Crippen LogP contribution in [0, 0.1) is 0 Å². The van der Waals surface area contributed by atoms with E-state index in [2.05, 4.69) is 36.8 Å². The lowest BCUT2D eigenvalue weighted by Gasteiger charge is -2.12. The van der Waals surface area contributed by atoms with Crippen molar-refractivity contribution in [2.24, 2.45) is 5.73 Å². The van der Waals surface area contributed by atoms with Crippen LogP contribution in [-0.2, 0) is 0 Å². The van der Waals surface area contributed by atoms with Crippen LogP contribution in [0.15, 0.2) is 27.1 Å². The summed E-state index contributed by atoms with van der Waals surface area (Å²) in [5.41, 5.74) is 6.19. The van der Waals surface area contributed by atoms with Crippen molar-refractivity contribution in [1.82, 2.24) is 4.98 Å². The van der Waals surface area contributed by atoms with Crippen LogP contribution in [0.3, 0.4) is 0 Å². The predicted molar refractivity (Wildman–Crippen MR) is 81.3 cm³/mol. The van der Waals surface area contributed by atoms with Crippen LogP contribution in [0.5, 0.6) is 5.75 Å². The Morgan fingerprint density at radius 3 is 2.78 bits per heavy atom. The summed E-state index contributed by atoms with van der Waals surface area (Å²) < 4.78 is 7.52. The van der Waals surface area contributed by atoms with E-state index >= 15 is 0 Å². The predicted octanol–water partition coefficient (Wildman–Crippen LogP) is 4.14. The second-order valence-corrected chi connectivity index (χ2v) is 5.79. The van der Waals surface area contributed by atoms with Gasteiger partial charge in [0.1, 0.15) is 10.7 Å². The first-order valence-corrected chi connectivity index (χ1v) is 7.37. The molecule has 1 aromatic heterocycles. The molecule has 96 valence electrons. The first-order chi connectivity index (χ1) is 8.63. The molecule has 3 nitrogen and oxygen atoms in total. The van der Waals surface area contributed by atoms with Crippen LogP contribution in [0.25, 0.3) is 10.9 Å². The molecule has 0 saturated carbocycles. The lowest BCUT2D eigenvalue weighted by atomic mass is 10.2. The highest BCUT2D eigenvalue weighted by Gasteiger charge is 2.12. The third-order valence-electron chi connectivity index (χ3n) is 2.40. The summed E-state index contributed by atoms with van der Waals surface area (Å²) in [6.45, 7) is 1.15. The Bertz CT molecular complexity index is 577. The number of ether oxygens (including phenoxy) is 1. The zero-order valence-electron chi connectivity index (χ0n) is 9.42. The molecule has 6 heteroatoms. The standard InChI is InChI=1S/C12H11Br2ClN2O/c13-8-6-9(14)12(18-5-1-4-16)11-7(8)2-3-10(15)17-11/h2-3,6H,1,4-5,16H2. The maximum Gasteiger partial charge on any atom is 0.159 e. The number of hydrogen-bond acceptors (Lipinski definition) is 3. The van der Waals surface area contributed by atoms with Crippen molar-refractivity contribution >= 4 is 54.4 Å². The van der Waals surface area contributed by atoms with Gasteiger partial charge in [-0.2, -0.15) is 0 Å². The van der Waals surface area contributed by atoms with Gasteiger partial charge in [-0.25, -0.2) is 4.98 Å². The summed E-state index contributed by atoms with van der Waals surface area (Å²) in [6.07, 6.45) is 0.796. The number of hydrogen-bond donors (Lipinski definition) is 1. The maximum absolute atomic E-state index is 5.94. The summed E-state index contributed by atoms with van der Waals surface area (Å²) >= 11 is 12.9.